The van der Waals surface area contributed by atoms with E-state index in [4.69, 9.17) is 27.9 Å². The Morgan fingerprint density at radius 3 is 2.83 bits per heavy atom. The Morgan fingerprint density at radius 2 is 2.17 bits per heavy atom. The average Bonchev–Trinajstić information content (AvgIpc) is 2.39. The van der Waals surface area contributed by atoms with Gasteiger partial charge in [0.1, 0.15) is 0 Å². The quantitative estimate of drug-likeness (QED) is 0.472. The van der Waals surface area contributed by atoms with Crippen molar-refractivity contribution in [2.45, 2.75) is 11.5 Å². The van der Waals surface area contributed by atoms with Crippen LogP contribution in [0.1, 0.15) is 0 Å². The van der Waals surface area contributed by atoms with Crippen molar-refractivity contribution < 1.29 is 4.74 Å². The van der Waals surface area contributed by atoms with Gasteiger partial charge in [-0.2, -0.15) is 0 Å². The molecular weight excluding hydrogens is 195 g/mol. The smallest absolute Gasteiger partial charge is 0.0776 e. The van der Waals surface area contributed by atoms with Crippen molar-refractivity contribution >= 4 is 23.2 Å². The third kappa shape index (κ3) is 1.12. The third-order valence-electron chi connectivity index (χ3n) is 2.54. The van der Waals surface area contributed by atoms with E-state index in [1.54, 1.807) is 7.11 Å². The van der Waals surface area contributed by atoms with E-state index >= 15 is 0 Å². The maximum absolute atomic E-state index is 6.10. The first-order valence-electron chi connectivity index (χ1n) is 3.96. The Bertz CT molecular complexity index is 247. The number of halogens is 2. The summed E-state index contributed by atoms with van der Waals surface area (Å²) in [5, 5.41) is 0.650. The lowest BCUT2D eigenvalue weighted by atomic mass is 9.90. The zero-order chi connectivity index (χ0) is 8.72. The summed E-state index contributed by atoms with van der Waals surface area (Å²) >= 11 is 12.1. The zero-order valence-electron chi connectivity index (χ0n) is 6.71. The number of fused-ring (bicyclic) bond motifs is 2. The highest BCUT2D eigenvalue weighted by Crippen LogP contribution is 2.41. The van der Waals surface area contributed by atoms with Gasteiger partial charge >= 0.3 is 0 Å². The summed E-state index contributed by atoms with van der Waals surface area (Å²) in [5.74, 6) is 0.571. The van der Waals surface area contributed by atoms with Crippen LogP contribution in [0.2, 0.25) is 0 Å². The van der Waals surface area contributed by atoms with Gasteiger partial charge in [0.2, 0.25) is 0 Å². The van der Waals surface area contributed by atoms with Gasteiger partial charge in [-0.05, 0) is 0 Å². The Hall–Kier alpha value is 0.0200. The van der Waals surface area contributed by atoms with Gasteiger partial charge in [0.05, 0.1) is 11.5 Å². The number of ether oxygens (including phenoxy) is 1. The van der Waals surface area contributed by atoms with Crippen LogP contribution in [0.15, 0.2) is 23.3 Å². The molecule has 3 heteroatoms. The van der Waals surface area contributed by atoms with Crippen LogP contribution in [-0.4, -0.2) is 18.6 Å². The van der Waals surface area contributed by atoms with Crippen molar-refractivity contribution in [1.29, 1.82) is 0 Å². The topological polar surface area (TPSA) is 9.23 Å². The van der Waals surface area contributed by atoms with Crippen LogP contribution >= 0.6 is 23.2 Å². The monoisotopic (exact) mass is 204 g/mol. The number of allylic oxidation sites excluding steroid dienone is 1. The van der Waals surface area contributed by atoms with Gasteiger partial charge in [-0.25, -0.2) is 0 Å². The van der Waals surface area contributed by atoms with Gasteiger partial charge in [0, 0.05) is 24.0 Å². The van der Waals surface area contributed by atoms with Crippen molar-refractivity contribution in [3.63, 3.8) is 0 Å². The number of hydrogen-bond acceptors (Lipinski definition) is 1. The molecule has 0 aromatic carbocycles. The highest BCUT2D eigenvalue weighted by molar-refractivity contribution is 6.37. The molecule has 4 atom stereocenters. The number of alkyl halides is 1. The molecule has 0 fully saturated rings. The maximum atomic E-state index is 6.10. The van der Waals surface area contributed by atoms with E-state index in [0.29, 0.717) is 5.92 Å². The van der Waals surface area contributed by atoms with Crippen molar-refractivity contribution in [2.75, 3.05) is 7.11 Å². The molecule has 0 aromatic heterocycles. The second kappa shape index (κ2) is 3.06. The molecule has 0 radical (unpaired) electrons. The van der Waals surface area contributed by atoms with Gasteiger partial charge in [-0.15, -0.1) is 11.6 Å². The van der Waals surface area contributed by atoms with Crippen molar-refractivity contribution in [3.8, 4) is 0 Å². The van der Waals surface area contributed by atoms with Crippen LogP contribution in [-0.2, 0) is 4.74 Å². The predicted octanol–water partition coefficient (Wildman–Crippen LogP) is 2.55. The molecule has 2 bridgehead atoms. The second-order valence-electron chi connectivity index (χ2n) is 3.19. The zero-order valence-corrected chi connectivity index (χ0v) is 8.22. The van der Waals surface area contributed by atoms with Crippen LogP contribution in [0.3, 0.4) is 0 Å². The lowest BCUT2D eigenvalue weighted by Gasteiger charge is -2.30. The van der Waals surface area contributed by atoms with Crippen LogP contribution < -0.4 is 0 Å². The number of rotatable bonds is 1. The summed E-state index contributed by atoms with van der Waals surface area (Å²) in [6.45, 7) is 0. The Kier molecular flexibility index (Phi) is 2.19. The Morgan fingerprint density at radius 1 is 1.42 bits per heavy atom. The van der Waals surface area contributed by atoms with E-state index in [9.17, 15) is 0 Å². The molecule has 12 heavy (non-hydrogen) atoms. The van der Waals surface area contributed by atoms with Crippen LogP contribution in [0.5, 0.6) is 0 Å². The summed E-state index contributed by atoms with van der Waals surface area (Å²) in [6, 6.07) is 0. The van der Waals surface area contributed by atoms with Gasteiger partial charge in [-0.3, -0.25) is 0 Å². The molecule has 0 aliphatic heterocycles. The summed E-state index contributed by atoms with van der Waals surface area (Å²) in [7, 11) is 1.72. The predicted molar refractivity (Wildman–Crippen MR) is 50.5 cm³/mol. The van der Waals surface area contributed by atoms with Crippen LogP contribution in [0.4, 0.5) is 0 Å². The fourth-order valence-electron chi connectivity index (χ4n) is 1.92. The molecule has 0 saturated heterocycles. The highest BCUT2D eigenvalue weighted by atomic mass is 35.5. The fourth-order valence-corrected chi connectivity index (χ4v) is 2.51. The summed E-state index contributed by atoms with van der Waals surface area (Å²) in [5.41, 5.74) is 0. The van der Waals surface area contributed by atoms with E-state index in [1.165, 1.54) is 0 Å². The van der Waals surface area contributed by atoms with E-state index < -0.39 is 0 Å². The standard InChI is InChI=1S/C9H10Cl2O/c1-12-9-5-2-3-6(9)8(11)7(10)4-5/h2-6,8-9H,1H3. The molecule has 2 aliphatic carbocycles. The van der Waals surface area contributed by atoms with Crippen molar-refractivity contribution in [3.05, 3.63) is 23.3 Å². The van der Waals surface area contributed by atoms with Gasteiger partial charge in [0.25, 0.3) is 0 Å². The van der Waals surface area contributed by atoms with Gasteiger partial charge in [0.15, 0.2) is 0 Å². The molecule has 2 aliphatic rings. The molecule has 0 saturated carbocycles. The van der Waals surface area contributed by atoms with Crippen LogP contribution in [0, 0.1) is 11.8 Å². The molecule has 0 aromatic rings. The molecule has 0 spiro atoms. The summed E-state index contributed by atoms with van der Waals surface area (Å²) in [6.07, 6.45) is 6.38. The van der Waals surface area contributed by atoms with Crippen LogP contribution in [0.25, 0.3) is 0 Å². The normalized spacial score (nSPS) is 44.8. The highest BCUT2D eigenvalue weighted by Gasteiger charge is 2.40. The lowest BCUT2D eigenvalue weighted by Crippen LogP contribution is -2.33. The van der Waals surface area contributed by atoms with E-state index in [1.807, 2.05) is 6.08 Å². The van der Waals surface area contributed by atoms with E-state index in [-0.39, 0.29) is 17.4 Å². The molecule has 1 nitrogen and oxygen atoms in total. The van der Waals surface area contributed by atoms with Crippen molar-refractivity contribution in [2.24, 2.45) is 11.8 Å². The van der Waals surface area contributed by atoms with Gasteiger partial charge in [-0.1, -0.05) is 29.8 Å². The van der Waals surface area contributed by atoms with Crippen molar-refractivity contribution in [1.82, 2.24) is 0 Å². The third-order valence-corrected chi connectivity index (χ3v) is 3.54. The Balaban J connectivity index is 2.30. The minimum atomic E-state index is -0.105. The molecule has 0 amide bonds. The molecule has 0 N–H and O–H groups in total. The molecule has 2 rings (SSSR count). The maximum Gasteiger partial charge on any atom is 0.0776 e. The number of hydrogen-bond donors (Lipinski definition) is 0. The number of methoxy groups -OCH3 is 1. The summed E-state index contributed by atoms with van der Waals surface area (Å²) in [4.78, 5) is 0. The largest absolute Gasteiger partial charge is 0.380 e. The molecule has 66 valence electrons. The van der Waals surface area contributed by atoms with E-state index in [0.717, 1.165) is 5.03 Å². The minimum Gasteiger partial charge on any atom is -0.380 e. The summed E-state index contributed by atoms with van der Waals surface area (Å²) < 4.78 is 5.35. The molecule has 4 unspecified atom stereocenters. The first kappa shape index (κ1) is 8.61. The fraction of sp³-hybridized carbons (Fsp3) is 0.556. The average molecular weight is 205 g/mol. The minimum absolute atomic E-state index is 0.105. The Labute approximate surface area is 82.0 Å². The van der Waals surface area contributed by atoms with E-state index in [2.05, 4.69) is 12.2 Å². The van der Waals surface area contributed by atoms with Gasteiger partial charge < -0.3 is 4.74 Å². The SMILES string of the molecule is COC1C2C=CC1C(Cl)C(Cl)=C2. The first-order chi connectivity index (χ1) is 5.74. The second-order valence-corrected chi connectivity index (χ2v) is 4.10. The molecule has 0 heterocycles. The first-order valence-corrected chi connectivity index (χ1v) is 4.78. The lowest BCUT2D eigenvalue weighted by molar-refractivity contribution is 0.0556. The molecular formula is C9H10Cl2O.